The number of carboxylic acids is 1. The van der Waals surface area contributed by atoms with Crippen LogP contribution in [-0.2, 0) is 9.59 Å². The number of carboxylic acid groups (broad SMARTS) is 1. The van der Waals surface area contributed by atoms with E-state index in [1.807, 2.05) is 0 Å². The minimum Gasteiger partial charge on any atom is -0.480 e. The fourth-order valence-corrected chi connectivity index (χ4v) is 3.55. The van der Waals surface area contributed by atoms with Crippen LogP contribution < -0.4 is 10.6 Å². The van der Waals surface area contributed by atoms with Crippen molar-refractivity contribution in [1.82, 2.24) is 10.6 Å². The van der Waals surface area contributed by atoms with E-state index in [1.165, 1.54) is 25.1 Å². The Morgan fingerprint density at radius 1 is 1.29 bits per heavy atom. The number of aryl methyl sites for hydroxylation is 1. The van der Waals surface area contributed by atoms with E-state index in [1.54, 1.807) is 0 Å². The van der Waals surface area contributed by atoms with Gasteiger partial charge in [0.1, 0.15) is 5.54 Å². The molecule has 1 aromatic carbocycles. The van der Waals surface area contributed by atoms with E-state index in [0.717, 1.165) is 19.3 Å². The van der Waals surface area contributed by atoms with Gasteiger partial charge < -0.3 is 15.7 Å². The summed E-state index contributed by atoms with van der Waals surface area (Å²) >= 11 is 0. The molecule has 152 valence electrons. The molecule has 1 aliphatic carbocycles. The van der Waals surface area contributed by atoms with Gasteiger partial charge in [0.05, 0.1) is 11.5 Å². The number of nitrogens with zero attached hydrogens (tertiary/aromatic N) is 1. The molecule has 0 bridgehead atoms. The molecule has 0 saturated heterocycles. The molecular formula is C19H25N3O6. The standard InChI is InChI=1S/C19H25N3O6/c1-3-13-6-8-19(9-7-13,18(25)26)21-16(23)11-20-17(24)14-4-5-15(22(27)28)12(2)10-14/h4-5,10,13H,3,6-9,11H2,1-2H3,(H,20,24)(H,21,23)(H,25,26). The van der Waals surface area contributed by atoms with Gasteiger partial charge in [-0.1, -0.05) is 13.3 Å². The molecule has 1 aromatic rings. The second kappa shape index (κ2) is 8.81. The lowest BCUT2D eigenvalue weighted by atomic mass is 9.75. The van der Waals surface area contributed by atoms with Crippen LogP contribution in [-0.4, -0.2) is 39.9 Å². The molecule has 1 fully saturated rings. The van der Waals surface area contributed by atoms with E-state index in [9.17, 15) is 29.6 Å². The number of nitro benzene ring substituents is 1. The van der Waals surface area contributed by atoms with Gasteiger partial charge in [0.2, 0.25) is 5.91 Å². The van der Waals surface area contributed by atoms with E-state index in [-0.39, 0.29) is 17.8 Å². The van der Waals surface area contributed by atoms with Gasteiger partial charge >= 0.3 is 5.97 Å². The van der Waals surface area contributed by atoms with E-state index < -0.39 is 28.2 Å². The molecule has 0 aliphatic heterocycles. The molecule has 28 heavy (non-hydrogen) atoms. The number of aliphatic carboxylic acids is 1. The number of benzene rings is 1. The van der Waals surface area contributed by atoms with Crippen LogP contribution in [0.1, 0.15) is 54.9 Å². The molecule has 0 spiro atoms. The molecular weight excluding hydrogens is 366 g/mol. The Labute approximate surface area is 162 Å². The van der Waals surface area contributed by atoms with E-state index in [0.29, 0.717) is 24.3 Å². The third kappa shape index (κ3) is 4.85. The second-order valence-corrected chi connectivity index (χ2v) is 7.23. The molecule has 1 aliphatic rings. The second-order valence-electron chi connectivity index (χ2n) is 7.23. The van der Waals surface area contributed by atoms with Crippen molar-refractivity contribution in [2.24, 2.45) is 5.92 Å². The Morgan fingerprint density at radius 3 is 2.43 bits per heavy atom. The Hall–Kier alpha value is -2.97. The smallest absolute Gasteiger partial charge is 0.329 e. The maximum absolute atomic E-state index is 12.2. The average molecular weight is 391 g/mol. The Morgan fingerprint density at radius 2 is 1.93 bits per heavy atom. The lowest BCUT2D eigenvalue weighted by molar-refractivity contribution is -0.385. The van der Waals surface area contributed by atoms with Gasteiger partial charge in [-0.05, 0) is 50.7 Å². The van der Waals surface area contributed by atoms with E-state index >= 15 is 0 Å². The van der Waals surface area contributed by atoms with Gasteiger partial charge in [0.15, 0.2) is 0 Å². The summed E-state index contributed by atoms with van der Waals surface area (Å²) < 4.78 is 0. The number of carbonyl (C=O) groups is 3. The topological polar surface area (TPSA) is 139 Å². The Balaban J connectivity index is 1.95. The maximum atomic E-state index is 12.2. The van der Waals surface area contributed by atoms with Crippen molar-refractivity contribution < 1.29 is 24.4 Å². The molecule has 9 nitrogen and oxygen atoms in total. The van der Waals surface area contributed by atoms with Crippen LogP contribution in [0.5, 0.6) is 0 Å². The summed E-state index contributed by atoms with van der Waals surface area (Å²) in [5.74, 6) is -1.74. The predicted octanol–water partition coefficient (Wildman–Crippen LogP) is 2.17. The predicted molar refractivity (Wildman–Crippen MR) is 101 cm³/mol. The van der Waals surface area contributed by atoms with Crippen LogP contribution in [0.15, 0.2) is 18.2 Å². The summed E-state index contributed by atoms with van der Waals surface area (Å²) in [5, 5.41) is 25.4. The number of rotatable bonds is 7. The number of amides is 2. The molecule has 0 aromatic heterocycles. The van der Waals surface area contributed by atoms with Gasteiger partial charge in [-0.3, -0.25) is 19.7 Å². The monoisotopic (exact) mass is 391 g/mol. The summed E-state index contributed by atoms with van der Waals surface area (Å²) in [4.78, 5) is 46.5. The van der Waals surface area contributed by atoms with Crippen molar-refractivity contribution in [3.05, 3.63) is 39.4 Å². The van der Waals surface area contributed by atoms with Crippen molar-refractivity contribution in [3.8, 4) is 0 Å². The normalized spacial score (nSPS) is 21.6. The highest BCUT2D eigenvalue weighted by molar-refractivity contribution is 5.97. The molecule has 1 saturated carbocycles. The fourth-order valence-electron chi connectivity index (χ4n) is 3.55. The molecule has 0 atom stereocenters. The third-order valence-electron chi connectivity index (χ3n) is 5.39. The van der Waals surface area contributed by atoms with Crippen LogP contribution in [0.3, 0.4) is 0 Å². The highest BCUT2D eigenvalue weighted by atomic mass is 16.6. The highest BCUT2D eigenvalue weighted by Gasteiger charge is 2.42. The number of nitro groups is 1. The number of hydrogen-bond acceptors (Lipinski definition) is 5. The van der Waals surface area contributed by atoms with Crippen molar-refractivity contribution in [1.29, 1.82) is 0 Å². The first kappa shape index (κ1) is 21.3. The van der Waals surface area contributed by atoms with Gasteiger partial charge in [-0.25, -0.2) is 4.79 Å². The van der Waals surface area contributed by atoms with Crippen molar-refractivity contribution in [3.63, 3.8) is 0 Å². The minimum atomic E-state index is -1.29. The van der Waals surface area contributed by atoms with E-state index in [4.69, 9.17) is 0 Å². The first-order chi connectivity index (χ1) is 13.2. The SMILES string of the molecule is CCC1CCC(NC(=O)CNC(=O)c2ccc([N+](=O)[O-])c(C)c2)(C(=O)O)CC1. The molecule has 0 unspecified atom stereocenters. The van der Waals surface area contributed by atoms with Gasteiger partial charge in [-0.2, -0.15) is 0 Å². The molecule has 0 heterocycles. The van der Waals surface area contributed by atoms with Crippen LogP contribution >= 0.6 is 0 Å². The van der Waals surface area contributed by atoms with Gasteiger partial charge in [0, 0.05) is 17.2 Å². The zero-order chi connectivity index (χ0) is 20.9. The number of nitrogens with one attached hydrogen (secondary N) is 2. The number of hydrogen-bond donors (Lipinski definition) is 3. The first-order valence-corrected chi connectivity index (χ1v) is 9.26. The lowest BCUT2D eigenvalue weighted by Crippen LogP contribution is -2.58. The number of carbonyl (C=O) groups excluding carboxylic acids is 2. The molecule has 9 heteroatoms. The quantitative estimate of drug-likeness (QED) is 0.481. The summed E-state index contributed by atoms with van der Waals surface area (Å²) in [5.41, 5.74) is -0.871. The summed E-state index contributed by atoms with van der Waals surface area (Å²) in [7, 11) is 0. The van der Waals surface area contributed by atoms with E-state index in [2.05, 4.69) is 17.6 Å². The summed E-state index contributed by atoms with van der Waals surface area (Å²) in [6.45, 7) is 3.21. The fraction of sp³-hybridized carbons (Fsp3) is 0.526. The Kier molecular flexibility index (Phi) is 6.71. The summed E-state index contributed by atoms with van der Waals surface area (Å²) in [6.07, 6.45) is 3.17. The van der Waals surface area contributed by atoms with Crippen LogP contribution in [0.25, 0.3) is 0 Å². The molecule has 0 radical (unpaired) electrons. The first-order valence-electron chi connectivity index (χ1n) is 9.26. The van der Waals surface area contributed by atoms with Crippen LogP contribution in [0.4, 0.5) is 5.69 Å². The minimum absolute atomic E-state index is 0.0969. The van der Waals surface area contributed by atoms with Gasteiger partial charge in [0.25, 0.3) is 11.6 Å². The zero-order valence-electron chi connectivity index (χ0n) is 16.0. The average Bonchev–Trinajstić information content (AvgIpc) is 2.66. The maximum Gasteiger partial charge on any atom is 0.329 e. The molecule has 3 N–H and O–H groups in total. The lowest BCUT2D eigenvalue weighted by Gasteiger charge is -2.37. The van der Waals surface area contributed by atoms with Crippen molar-refractivity contribution >= 4 is 23.5 Å². The Bertz CT molecular complexity index is 784. The molecule has 2 amide bonds. The molecule has 2 rings (SSSR count). The highest BCUT2D eigenvalue weighted by Crippen LogP contribution is 2.34. The zero-order valence-corrected chi connectivity index (χ0v) is 16.0. The van der Waals surface area contributed by atoms with Crippen LogP contribution in [0, 0.1) is 23.0 Å². The summed E-state index contributed by atoms with van der Waals surface area (Å²) in [6, 6.07) is 3.91. The van der Waals surface area contributed by atoms with Crippen LogP contribution in [0.2, 0.25) is 0 Å². The third-order valence-corrected chi connectivity index (χ3v) is 5.39. The largest absolute Gasteiger partial charge is 0.480 e. The van der Waals surface area contributed by atoms with Crippen molar-refractivity contribution in [2.45, 2.75) is 51.5 Å². The van der Waals surface area contributed by atoms with Gasteiger partial charge in [-0.15, -0.1) is 0 Å². The van der Waals surface area contributed by atoms with Crippen molar-refractivity contribution in [2.75, 3.05) is 6.54 Å².